The van der Waals surface area contributed by atoms with E-state index < -0.39 is 5.66 Å². The molecule has 0 saturated carbocycles. The molecule has 0 fully saturated rings. The van der Waals surface area contributed by atoms with Crippen molar-refractivity contribution in [1.29, 1.82) is 0 Å². The maximum absolute atomic E-state index is 12.1. The van der Waals surface area contributed by atoms with Gasteiger partial charge in [0.1, 0.15) is 17.0 Å². The second-order valence-electron chi connectivity index (χ2n) is 4.92. The number of nitrogens with one attached hydrogen (secondary N) is 2. The molecule has 1 aromatic heterocycles. The van der Waals surface area contributed by atoms with E-state index >= 15 is 0 Å². The van der Waals surface area contributed by atoms with Crippen molar-refractivity contribution in [2.45, 2.75) is 25.9 Å². The summed E-state index contributed by atoms with van der Waals surface area (Å²) in [5.41, 5.74) is 1.08. The third kappa shape index (κ3) is 1.87. The van der Waals surface area contributed by atoms with E-state index in [9.17, 15) is 4.79 Å². The van der Waals surface area contributed by atoms with Gasteiger partial charge in [-0.3, -0.25) is 4.79 Å². The molecule has 1 aromatic carbocycles. The van der Waals surface area contributed by atoms with Gasteiger partial charge in [0.15, 0.2) is 0 Å². The van der Waals surface area contributed by atoms with E-state index in [1.165, 1.54) is 0 Å². The minimum atomic E-state index is -0.434. The number of carbonyl (C=O) groups is 1. The molecule has 2 N–H and O–H groups in total. The summed E-state index contributed by atoms with van der Waals surface area (Å²) in [5.74, 6) is 0.666. The molecule has 5 nitrogen and oxygen atoms in total. The minimum absolute atomic E-state index is 0.0831. The van der Waals surface area contributed by atoms with Crippen LogP contribution in [0.1, 0.15) is 30.6 Å². The molecule has 1 aliphatic rings. The molecule has 1 amide bonds. The lowest BCUT2D eigenvalue weighted by Gasteiger charge is -2.35. The number of nitrogens with zero attached hydrogens (tertiary/aromatic N) is 2. The highest BCUT2D eigenvalue weighted by atomic mass is 16.2. The number of hydrogen-bond donors (Lipinski definition) is 2. The highest BCUT2D eigenvalue weighted by Gasteiger charge is 2.34. The van der Waals surface area contributed by atoms with Crippen LogP contribution in [0.4, 0.5) is 5.82 Å². The Morgan fingerprint density at radius 3 is 2.68 bits per heavy atom. The zero-order valence-electron chi connectivity index (χ0n) is 11.0. The SMILES string of the molecule is CCC1(C)NC(=O)c2cnn(-c3ccccc3)c2N1. The summed E-state index contributed by atoms with van der Waals surface area (Å²) in [5, 5.41) is 10.6. The van der Waals surface area contributed by atoms with Crippen molar-refractivity contribution in [3.05, 3.63) is 42.1 Å². The summed E-state index contributed by atoms with van der Waals surface area (Å²) in [7, 11) is 0. The number of aromatic nitrogens is 2. The number of para-hydroxylation sites is 1. The van der Waals surface area contributed by atoms with Crippen LogP contribution in [0.15, 0.2) is 36.5 Å². The average molecular weight is 256 g/mol. The molecule has 0 bridgehead atoms. The van der Waals surface area contributed by atoms with E-state index in [0.717, 1.165) is 17.9 Å². The first-order valence-corrected chi connectivity index (χ1v) is 6.37. The Labute approximate surface area is 111 Å². The Bertz CT molecular complexity index is 620. The van der Waals surface area contributed by atoms with Gasteiger partial charge in [0.2, 0.25) is 0 Å². The van der Waals surface area contributed by atoms with Crippen LogP contribution in [-0.2, 0) is 0 Å². The van der Waals surface area contributed by atoms with Crippen molar-refractivity contribution in [2.75, 3.05) is 5.32 Å². The fourth-order valence-corrected chi connectivity index (χ4v) is 2.19. The summed E-state index contributed by atoms with van der Waals surface area (Å²) in [6.45, 7) is 4.00. The second-order valence-corrected chi connectivity index (χ2v) is 4.92. The number of fused-ring (bicyclic) bond motifs is 1. The zero-order chi connectivity index (χ0) is 13.5. The smallest absolute Gasteiger partial charge is 0.258 e. The van der Waals surface area contributed by atoms with Gasteiger partial charge in [-0.1, -0.05) is 25.1 Å². The summed E-state index contributed by atoms with van der Waals surface area (Å²) in [4.78, 5) is 12.1. The molecule has 0 aliphatic carbocycles. The highest BCUT2D eigenvalue weighted by Crippen LogP contribution is 2.28. The van der Waals surface area contributed by atoms with Crippen LogP contribution in [0.5, 0.6) is 0 Å². The maximum Gasteiger partial charge on any atom is 0.258 e. The Morgan fingerprint density at radius 1 is 1.26 bits per heavy atom. The molecule has 5 heteroatoms. The van der Waals surface area contributed by atoms with E-state index in [-0.39, 0.29) is 5.91 Å². The van der Waals surface area contributed by atoms with Crippen LogP contribution < -0.4 is 10.6 Å². The average Bonchev–Trinajstić information content (AvgIpc) is 2.83. The molecule has 1 atom stereocenters. The normalized spacial score (nSPS) is 21.5. The third-order valence-electron chi connectivity index (χ3n) is 3.51. The Hall–Kier alpha value is -2.30. The predicted octanol–water partition coefficient (Wildman–Crippen LogP) is 2.15. The number of rotatable bonds is 2. The van der Waals surface area contributed by atoms with Gasteiger partial charge in [-0.15, -0.1) is 0 Å². The van der Waals surface area contributed by atoms with Gasteiger partial charge in [0.05, 0.1) is 11.9 Å². The summed E-state index contributed by atoms with van der Waals surface area (Å²) >= 11 is 0. The first kappa shape index (κ1) is 11.8. The van der Waals surface area contributed by atoms with Crippen molar-refractivity contribution in [2.24, 2.45) is 0 Å². The van der Waals surface area contributed by atoms with Gasteiger partial charge in [0, 0.05) is 0 Å². The van der Waals surface area contributed by atoms with Gasteiger partial charge in [-0.05, 0) is 25.5 Å². The fraction of sp³-hybridized carbons (Fsp3) is 0.286. The van der Waals surface area contributed by atoms with E-state index in [1.807, 2.05) is 44.2 Å². The molecule has 1 aliphatic heterocycles. The molecule has 98 valence electrons. The molecule has 0 radical (unpaired) electrons. The Morgan fingerprint density at radius 2 is 2.00 bits per heavy atom. The van der Waals surface area contributed by atoms with E-state index in [0.29, 0.717) is 5.56 Å². The third-order valence-corrected chi connectivity index (χ3v) is 3.51. The Kier molecular flexibility index (Phi) is 2.55. The first-order valence-electron chi connectivity index (χ1n) is 6.37. The molecule has 2 heterocycles. The lowest BCUT2D eigenvalue weighted by Crippen LogP contribution is -2.55. The molecule has 2 aromatic rings. The van der Waals surface area contributed by atoms with Crippen LogP contribution in [0.2, 0.25) is 0 Å². The van der Waals surface area contributed by atoms with E-state index in [4.69, 9.17) is 0 Å². The number of amides is 1. The van der Waals surface area contributed by atoms with Crippen molar-refractivity contribution < 1.29 is 4.79 Å². The molecule has 0 spiro atoms. The van der Waals surface area contributed by atoms with Crippen LogP contribution in [-0.4, -0.2) is 21.4 Å². The quantitative estimate of drug-likeness (QED) is 0.865. The van der Waals surface area contributed by atoms with Crippen molar-refractivity contribution in [1.82, 2.24) is 15.1 Å². The first-order chi connectivity index (χ1) is 9.13. The van der Waals surface area contributed by atoms with Crippen LogP contribution in [0, 0.1) is 0 Å². The largest absolute Gasteiger partial charge is 0.347 e. The van der Waals surface area contributed by atoms with Crippen molar-refractivity contribution >= 4 is 11.7 Å². The van der Waals surface area contributed by atoms with Crippen LogP contribution in [0.3, 0.4) is 0 Å². The van der Waals surface area contributed by atoms with E-state index in [2.05, 4.69) is 15.7 Å². The summed E-state index contributed by atoms with van der Waals surface area (Å²) < 4.78 is 1.77. The highest BCUT2D eigenvalue weighted by molar-refractivity contribution is 6.01. The molecule has 1 unspecified atom stereocenters. The topological polar surface area (TPSA) is 59.0 Å². The lowest BCUT2D eigenvalue weighted by molar-refractivity contribution is 0.0905. The number of benzene rings is 1. The number of anilines is 1. The van der Waals surface area contributed by atoms with Crippen LogP contribution in [0.25, 0.3) is 5.69 Å². The van der Waals surface area contributed by atoms with E-state index in [1.54, 1.807) is 10.9 Å². The standard InChI is InChI=1S/C14H16N4O/c1-3-14(2)16-12-11(13(19)17-14)9-15-18(12)10-7-5-4-6-8-10/h4-9,16H,3H2,1-2H3,(H,17,19). The second kappa shape index (κ2) is 4.12. The molecular weight excluding hydrogens is 240 g/mol. The maximum atomic E-state index is 12.1. The van der Waals surface area contributed by atoms with Crippen LogP contribution >= 0.6 is 0 Å². The minimum Gasteiger partial charge on any atom is -0.347 e. The Balaban J connectivity index is 2.10. The summed E-state index contributed by atoms with van der Waals surface area (Å²) in [6.07, 6.45) is 2.39. The van der Waals surface area contributed by atoms with Gasteiger partial charge in [-0.25, -0.2) is 4.68 Å². The van der Waals surface area contributed by atoms with Crippen molar-refractivity contribution in [3.63, 3.8) is 0 Å². The fourth-order valence-electron chi connectivity index (χ4n) is 2.19. The number of hydrogen-bond acceptors (Lipinski definition) is 3. The molecule has 19 heavy (non-hydrogen) atoms. The number of carbonyl (C=O) groups excluding carboxylic acids is 1. The molecular formula is C14H16N4O. The predicted molar refractivity (Wildman–Crippen MR) is 73.3 cm³/mol. The van der Waals surface area contributed by atoms with Gasteiger partial charge in [-0.2, -0.15) is 5.10 Å². The molecule has 3 rings (SSSR count). The van der Waals surface area contributed by atoms with Crippen molar-refractivity contribution in [3.8, 4) is 5.69 Å². The monoisotopic (exact) mass is 256 g/mol. The zero-order valence-corrected chi connectivity index (χ0v) is 11.0. The van der Waals surface area contributed by atoms with Gasteiger partial charge < -0.3 is 10.6 Å². The van der Waals surface area contributed by atoms with Gasteiger partial charge >= 0.3 is 0 Å². The van der Waals surface area contributed by atoms with Gasteiger partial charge in [0.25, 0.3) is 5.91 Å². The summed E-state index contributed by atoms with van der Waals surface area (Å²) in [6, 6.07) is 9.78. The lowest BCUT2D eigenvalue weighted by atomic mass is 10.1. The molecule has 0 saturated heterocycles.